The Labute approximate surface area is 141 Å². The number of hydrogen-bond donors (Lipinski definition) is 1. The molecular weight excluding hydrogens is 280 g/mol. The van der Waals surface area contributed by atoms with Gasteiger partial charge in [-0.05, 0) is 19.4 Å². The first kappa shape index (κ1) is 17.8. The van der Waals surface area contributed by atoms with E-state index < -0.39 is 0 Å². The SMILES string of the molecule is CCCCCCCCCCCn1cc(C(C)=N)c2ccccc21. The van der Waals surface area contributed by atoms with Gasteiger partial charge in [0.15, 0.2) is 0 Å². The maximum Gasteiger partial charge on any atom is 0.0487 e. The lowest BCUT2D eigenvalue weighted by molar-refractivity contribution is 0.543. The molecule has 0 atom stereocenters. The normalized spacial score (nSPS) is 11.2. The van der Waals surface area contributed by atoms with Gasteiger partial charge in [0, 0.05) is 34.9 Å². The molecule has 2 nitrogen and oxygen atoms in total. The summed E-state index contributed by atoms with van der Waals surface area (Å²) in [5, 5.41) is 9.17. The number of aromatic nitrogens is 1. The third-order valence-corrected chi connectivity index (χ3v) is 4.70. The zero-order chi connectivity index (χ0) is 16.5. The van der Waals surface area contributed by atoms with Crippen molar-refractivity contribution in [2.24, 2.45) is 0 Å². The minimum absolute atomic E-state index is 0.659. The molecule has 23 heavy (non-hydrogen) atoms. The molecule has 0 aliphatic heterocycles. The van der Waals surface area contributed by atoms with Gasteiger partial charge in [-0.15, -0.1) is 0 Å². The number of benzene rings is 1. The zero-order valence-corrected chi connectivity index (χ0v) is 14.9. The monoisotopic (exact) mass is 312 g/mol. The predicted octanol–water partition coefficient (Wildman–Crippen LogP) is 6.56. The Kier molecular flexibility index (Phi) is 7.38. The summed E-state index contributed by atoms with van der Waals surface area (Å²) in [7, 11) is 0. The first-order valence-corrected chi connectivity index (χ1v) is 9.37. The van der Waals surface area contributed by atoms with Crippen LogP contribution in [0.25, 0.3) is 10.9 Å². The van der Waals surface area contributed by atoms with Crippen molar-refractivity contribution in [3.8, 4) is 0 Å². The quantitative estimate of drug-likeness (QED) is 0.359. The maximum absolute atomic E-state index is 7.95. The summed E-state index contributed by atoms with van der Waals surface area (Å²) in [6.45, 7) is 5.23. The fourth-order valence-electron chi connectivity index (χ4n) is 3.32. The average Bonchev–Trinajstić information content (AvgIpc) is 2.93. The summed E-state index contributed by atoms with van der Waals surface area (Å²) >= 11 is 0. The van der Waals surface area contributed by atoms with Gasteiger partial charge >= 0.3 is 0 Å². The van der Waals surface area contributed by atoms with E-state index in [9.17, 15) is 0 Å². The minimum atomic E-state index is 0.659. The molecule has 0 spiro atoms. The highest BCUT2D eigenvalue weighted by atomic mass is 15.0. The minimum Gasteiger partial charge on any atom is -0.347 e. The number of fused-ring (bicyclic) bond motifs is 1. The van der Waals surface area contributed by atoms with Crippen molar-refractivity contribution in [3.05, 3.63) is 36.0 Å². The van der Waals surface area contributed by atoms with Gasteiger partial charge in [0.2, 0.25) is 0 Å². The lowest BCUT2D eigenvalue weighted by Gasteiger charge is -2.05. The first-order chi connectivity index (χ1) is 11.2. The van der Waals surface area contributed by atoms with E-state index in [1.165, 1.54) is 68.7 Å². The van der Waals surface area contributed by atoms with Crippen LogP contribution >= 0.6 is 0 Å². The highest BCUT2D eigenvalue weighted by Gasteiger charge is 2.08. The number of para-hydroxylation sites is 1. The van der Waals surface area contributed by atoms with Gasteiger partial charge in [0.1, 0.15) is 0 Å². The van der Waals surface area contributed by atoms with Crippen LogP contribution < -0.4 is 0 Å². The zero-order valence-electron chi connectivity index (χ0n) is 14.9. The van der Waals surface area contributed by atoms with Crippen molar-refractivity contribution < 1.29 is 0 Å². The van der Waals surface area contributed by atoms with Crippen molar-refractivity contribution in [1.82, 2.24) is 4.57 Å². The molecular formula is C21H32N2. The molecule has 126 valence electrons. The Morgan fingerprint density at radius 2 is 1.52 bits per heavy atom. The molecule has 0 saturated carbocycles. The maximum atomic E-state index is 7.95. The van der Waals surface area contributed by atoms with Crippen LogP contribution in [0.3, 0.4) is 0 Å². The summed E-state index contributed by atoms with van der Waals surface area (Å²) in [5.74, 6) is 0. The molecule has 0 radical (unpaired) electrons. The number of nitrogens with one attached hydrogen (secondary N) is 1. The second kappa shape index (κ2) is 9.54. The van der Waals surface area contributed by atoms with Crippen LogP contribution in [0.2, 0.25) is 0 Å². The number of hydrogen-bond acceptors (Lipinski definition) is 1. The Morgan fingerprint density at radius 1 is 0.913 bits per heavy atom. The molecule has 0 bridgehead atoms. The summed E-state index contributed by atoms with van der Waals surface area (Å²) in [5.41, 5.74) is 3.01. The number of unbranched alkanes of at least 4 members (excludes halogenated alkanes) is 8. The van der Waals surface area contributed by atoms with E-state index in [1.807, 2.05) is 6.92 Å². The largest absolute Gasteiger partial charge is 0.347 e. The number of nitrogens with zero attached hydrogens (tertiary/aromatic N) is 1. The molecule has 0 saturated heterocycles. The van der Waals surface area contributed by atoms with Crippen LogP contribution in [-0.2, 0) is 6.54 Å². The molecule has 1 heterocycles. The Morgan fingerprint density at radius 3 is 2.17 bits per heavy atom. The highest BCUT2D eigenvalue weighted by Crippen LogP contribution is 2.22. The van der Waals surface area contributed by atoms with Gasteiger partial charge in [-0.3, -0.25) is 0 Å². The first-order valence-electron chi connectivity index (χ1n) is 9.37. The van der Waals surface area contributed by atoms with Crippen molar-refractivity contribution in [2.75, 3.05) is 0 Å². The third-order valence-electron chi connectivity index (χ3n) is 4.70. The van der Waals surface area contributed by atoms with E-state index >= 15 is 0 Å². The summed E-state index contributed by atoms with van der Waals surface area (Å²) in [6.07, 6.45) is 14.4. The lowest BCUT2D eigenvalue weighted by atomic mass is 10.1. The van der Waals surface area contributed by atoms with E-state index in [0.717, 1.165) is 12.1 Å². The second-order valence-electron chi connectivity index (χ2n) is 6.71. The molecule has 1 aromatic heterocycles. The van der Waals surface area contributed by atoms with E-state index in [-0.39, 0.29) is 0 Å². The average molecular weight is 313 g/mol. The van der Waals surface area contributed by atoms with Gasteiger partial charge < -0.3 is 9.98 Å². The van der Waals surface area contributed by atoms with E-state index in [2.05, 4.69) is 42.0 Å². The fourth-order valence-corrected chi connectivity index (χ4v) is 3.32. The molecule has 0 aliphatic carbocycles. The Bertz CT molecular complexity index is 609. The molecule has 1 aromatic carbocycles. The van der Waals surface area contributed by atoms with Crippen LogP contribution in [0.15, 0.2) is 30.5 Å². The number of rotatable bonds is 11. The molecule has 0 fully saturated rings. The van der Waals surface area contributed by atoms with Crippen LogP contribution in [-0.4, -0.2) is 10.3 Å². The summed E-state index contributed by atoms with van der Waals surface area (Å²) in [6, 6.07) is 8.47. The fraction of sp³-hybridized carbons (Fsp3) is 0.571. The third kappa shape index (κ3) is 5.23. The molecule has 0 unspecified atom stereocenters. The molecule has 0 amide bonds. The molecule has 2 rings (SSSR count). The Hall–Kier alpha value is -1.57. The predicted molar refractivity (Wildman–Crippen MR) is 102 cm³/mol. The van der Waals surface area contributed by atoms with Crippen LogP contribution in [0, 0.1) is 5.41 Å². The van der Waals surface area contributed by atoms with Gasteiger partial charge in [-0.1, -0.05) is 76.5 Å². The van der Waals surface area contributed by atoms with Crippen molar-refractivity contribution >= 4 is 16.6 Å². The van der Waals surface area contributed by atoms with Gasteiger partial charge in [0.05, 0.1) is 0 Å². The van der Waals surface area contributed by atoms with Crippen LogP contribution in [0.5, 0.6) is 0 Å². The van der Waals surface area contributed by atoms with E-state index in [0.29, 0.717) is 5.71 Å². The Balaban J connectivity index is 1.76. The molecule has 1 N–H and O–H groups in total. The summed E-state index contributed by atoms with van der Waals surface area (Å²) in [4.78, 5) is 0. The highest BCUT2D eigenvalue weighted by molar-refractivity contribution is 6.08. The van der Waals surface area contributed by atoms with Gasteiger partial charge in [-0.2, -0.15) is 0 Å². The van der Waals surface area contributed by atoms with E-state index in [1.54, 1.807) is 0 Å². The van der Waals surface area contributed by atoms with Crippen molar-refractivity contribution in [2.45, 2.75) is 78.2 Å². The molecule has 0 aliphatic rings. The summed E-state index contributed by atoms with van der Waals surface area (Å²) < 4.78 is 2.34. The smallest absolute Gasteiger partial charge is 0.0487 e. The molecule has 2 heteroatoms. The second-order valence-corrected chi connectivity index (χ2v) is 6.71. The molecule has 2 aromatic rings. The van der Waals surface area contributed by atoms with Crippen molar-refractivity contribution in [3.63, 3.8) is 0 Å². The van der Waals surface area contributed by atoms with Gasteiger partial charge in [0.25, 0.3) is 0 Å². The van der Waals surface area contributed by atoms with Crippen LogP contribution in [0.1, 0.15) is 77.2 Å². The van der Waals surface area contributed by atoms with Crippen LogP contribution in [0.4, 0.5) is 0 Å². The van der Waals surface area contributed by atoms with Gasteiger partial charge in [-0.25, -0.2) is 0 Å². The number of aryl methyl sites for hydroxylation is 1. The van der Waals surface area contributed by atoms with E-state index in [4.69, 9.17) is 5.41 Å². The topological polar surface area (TPSA) is 28.8 Å². The standard InChI is InChI=1S/C21H32N2/c1-3-4-5-6-7-8-9-10-13-16-23-17-20(18(2)22)19-14-11-12-15-21(19)23/h11-12,14-15,17,22H,3-10,13,16H2,1-2H3. The van der Waals surface area contributed by atoms with Crippen molar-refractivity contribution in [1.29, 1.82) is 5.41 Å². The lowest BCUT2D eigenvalue weighted by Crippen LogP contribution is -1.96.